The van der Waals surface area contributed by atoms with Crippen molar-refractivity contribution in [2.24, 2.45) is 7.05 Å². The SMILES string of the molecule is Cc1ncc(OC(=O)O)n1C. The highest BCUT2D eigenvalue weighted by atomic mass is 16.7. The van der Waals surface area contributed by atoms with Crippen LogP contribution >= 0.6 is 0 Å². The zero-order chi connectivity index (χ0) is 8.43. The van der Waals surface area contributed by atoms with Crippen molar-refractivity contribution in [1.82, 2.24) is 9.55 Å². The van der Waals surface area contributed by atoms with E-state index < -0.39 is 6.16 Å². The van der Waals surface area contributed by atoms with E-state index in [4.69, 9.17) is 5.11 Å². The second-order valence-electron chi connectivity index (χ2n) is 2.07. The van der Waals surface area contributed by atoms with Crippen molar-refractivity contribution in [3.8, 4) is 5.88 Å². The van der Waals surface area contributed by atoms with E-state index in [2.05, 4.69) is 9.72 Å². The molecule has 0 spiro atoms. The van der Waals surface area contributed by atoms with Gasteiger partial charge < -0.3 is 14.4 Å². The summed E-state index contributed by atoms with van der Waals surface area (Å²) in [5.74, 6) is 0.941. The van der Waals surface area contributed by atoms with Crippen LogP contribution in [0.15, 0.2) is 6.20 Å². The zero-order valence-electron chi connectivity index (χ0n) is 6.24. The molecule has 0 fully saturated rings. The van der Waals surface area contributed by atoms with Gasteiger partial charge in [0.15, 0.2) is 0 Å². The molecule has 0 bridgehead atoms. The van der Waals surface area contributed by atoms with Gasteiger partial charge in [0, 0.05) is 7.05 Å². The van der Waals surface area contributed by atoms with E-state index in [1.807, 2.05) is 0 Å². The smallest absolute Gasteiger partial charge is 0.449 e. The molecule has 0 unspecified atom stereocenters. The van der Waals surface area contributed by atoms with Crippen LogP contribution in [-0.2, 0) is 7.05 Å². The maximum atomic E-state index is 10.1. The van der Waals surface area contributed by atoms with Gasteiger partial charge in [-0.2, -0.15) is 0 Å². The lowest BCUT2D eigenvalue weighted by Crippen LogP contribution is -2.06. The molecule has 60 valence electrons. The average Bonchev–Trinajstić information content (AvgIpc) is 2.18. The first-order chi connectivity index (χ1) is 5.11. The number of aryl methyl sites for hydroxylation is 1. The summed E-state index contributed by atoms with van der Waals surface area (Å²) < 4.78 is 5.93. The molecule has 1 aromatic rings. The van der Waals surface area contributed by atoms with Crippen molar-refractivity contribution in [2.45, 2.75) is 6.92 Å². The van der Waals surface area contributed by atoms with Gasteiger partial charge in [-0.1, -0.05) is 0 Å². The summed E-state index contributed by atoms with van der Waals surface area (Å²) in [6.45, 7) is 1.76. The van der Waals surface area contributed by atoms with Crippen LogP contribution in [0.1, 0.15) is 5.82 Å². The van der Waals surface area contributed by atoms with Gasteiger partial charge in [-0.15, -0.1) is 0 Å². The molecule has 0 saturated heterocycles. The fourth-order valence-electron chi connectivity index (χ4n) is 0.666. The summed E-state index contributed by atoms with van der Waals surface area (Å²) in [7, 11) is 1.68. The first kappa shape index (κ1) is 7.59. The third-order valence-corrected chi connectivity index (χ3v) is 1.37. The Morgan fingerprint density at radius 2 is 2.45 bits per heavy atom. The Morgan fingerprint density at radius 3 is 2.82 bits per heavy atom. The van der Waals surface area contributed by atoms with Crippen molar-refractivity contribution in [2.75, 3.05) is 0 Å². The van der Waals surface area contributed by atoms with E-state index in [-0.39, 0.29) is 5.88 Å². The van der Waals surface area contributed by atoms with Crippen LogP contribution in [0.25, 0.3) is 0 Å². The van der Waals surface area contributed by atoms with Gasteiger partial charge in [-0.3, -0.25) is 0 Å². The molecule has 0 aromatic carbocycles. The number of ether oxygens (including phenoxy) is 1. The number of hydrogen-bond acceptors (Lipinski definition) is 3. The minimum atomic E-state index is -1.33. The number of hydrogen-bond donors (Lipinski definition) is 1. The van der Waals surface area contributed by atoms with E-state index in [1.54, 1.807) is 18.5 Å². The quantitative estimate of drug-likeness (QED) is 0.610. The first-order valence-corrected chi connectivity index (χ1v) is 3.00. The molecule has 0 aliphatic heterocycles. The van der Waals surface area contributed by atoms with E-state index in [0.29, 0.717) is 5.82 Å². The summed E-state index contributed by atoms with van der Waals surface area (Å²) in [4.78, 5) is 13.9. The fourth-order valence-corrected chi connectivity index (χ4v) is 0.666. The standard InChI is InChI=1S/C6H8N2O3/c1-4-7-3-5(8(4)2)11-6(9)10/h3H,1-2H3,(H,9,10). The minimum absolute atomic E-state index is 0.231. The molecule has 1 N–H and O–H groups in total. The number of imidazole rings is 1. The zero-order valence-corrected chi connectivity index (χ0v) is 6.24. The van der Waals surface area contributed by atoms with Gasteiger partial charge in [0.1, 0.15) is 5.82 Å². The van der Waals surface area contributed by atoms with Crippen LogP contribution in [0.2, 0.25) is 0 Å². The molecule has 0 radical (unpaired) electrons. The van der Waals surface area contributed by atoms with Gasteiger partial charge in [-0.25, -0.2) is 9.78 Å². The number of carboxylic acid groups (broad SMARTS) is 1. The average molecular weight is 156 g/mol. The molecule has 11 heavy (non-hydrogen) atoms. The maximum Gasteiger partial charge on any atom is 0.512 e. The molecule has 5 heteroatoms. The van der Waals surface area contributed by atoms with E-state index in [9.17, 15) is 4.79 Å². The van der Waals surface area contributed by atoms with Crippen molar-refractivity contribution < 1.29 is 14.6 Å². The number of carbonyl (C=O) groups is 1. The van der Waals surface area contributed by atoms with Gasteiger partial charge in [0.2, 0.25) is 5.88 Å². The lowest BCUT2D eigenvalue weighted by molar-refractivity contribution is 0.141. The highest BCUT2D eigenvalue weighted by Crippen LogP contribution is 2.10. The van der Waals surface area contributed by atoms with Gasteiger partial charge in [0.05, 0.1) is 6.20 Å². The second-order valence-corrected chi connectivity index (χ2v) is 2.07. The Hall–Kier alpha value is -1.52. The Kier molecular flexibility index (Phi) is 1.80. The fraction of sp³-hybridized carbons (Fsp3) is 0.333. The summed E-state index contributed by atoms with van der Waals surface area (Å²) in [5.41, 5.74) is 0. The van der Waals surface area contributed by atoms with Crippen LogP contribution in [0.4, 0.5) is 4.79 Å². The van der Waals surface area contributed by atoms with Gasteiger partial charge in [0.25, 0.3) is 0 Å². The predicted molar refractivity (Wildman–Crippen MR) is 36.6 cm³/mol. The van der Waals surface area contributed by atoms with Crippen LogP contribution in [0.3, 0.4) is 0 Å². The molecular formula is C6H8N2O3. The highest BCUT2D eigenvalue weighted by Gasteiger charge is 2.06. The Morgan fingerprint density at radius 1 is 1.82 bits per heavy atom. The summed E-state index contributed by atoms with van der Waals surface area (Å²) in [6.07, 6.45) is 0.0386. The normalized spacial score (nSPS) is 9.64. The van der Waals surface area contributed by atoms with Crippen LogP contribution < -0.4 is 4.74 Å². The molecule has 0 saturated carbocycles. The molecule has 0 amide bonds. The van der Waals surface area contributed by atoms with Crippen LogP contribution in [-0.4, -0.2) is 20.8 Å². The predicted octanol–water partition coefficient (Wildman–Crippen LogP) is 0.785. The number of rotatable bonds is 1. The molecular weight excluding hydrogens is 148 g/mol. The first-order valence-electron chi connectivity index (χ1n) is 3.00. The van der Waals surface area contributed by atoms with Gasteiger partial charge in [-0.05, 0) is 6.92 Å². The molecule has 0 atom stereocenters. The van der Waals surface area contributed by atoms with Crippen molar-refractivity contribution >= 4 is 6.16 Å². The van der Waals surface area contributed by atoms with E-state index in [1.165, 1.54) is 6.20 Å². The summed E-state index contributed by atoms with van der Waals surface area (Å²) >= 11 is 0. The summed E-state index contributed by atoms with van der Waals surface area (Å²) in [5, 5.41) is 8.24. The van der Waals surface area contributed by atoms with Crippen molar-refractivity contribution in [3.63, 3.8) is 0 Å². The Balaban J connectivity index is 2.87. The lowest BCUT2D eigenvalue weighted by Gasteiger charge is -1.99. The van der Waals surface area contributed by atoms with Crippen LogP contribution in [0, 0.1) is 6.92 Å². The van der Waals surface area contributed by atoms with E-state index >= 15 is 0 Å². The van der Waals surface area contributed by atoms with E-state index in [0.717, 1.165) is 0 Å². The van der Waals surface area contributed by atoms with Crippen molar-refractivity contribution in [3.05, 3.63) is 12.0 Å². The summed E-state index contributed by atoms with van der Waals surface area (Å²) in [6, 6.07) is 0. The Bertz CT molecular complexity index is 279. The highest BCUT2D eigenvalue weighted by molar-refractivity contribution is 5.60. The molecule has 5 nitrogen and oxygen atoms in total. The number of nitrogens with zero attached hydrogens (tertiary/aromatic N) is 2. The van der Waals surface area contributed by atoms with Crippen molar-refractivity contribution in [1.29, 1.82) is 0 Å². The third kappa shape index (κ3) is 1.49. The molecule has 0 aliphatic carbocycles. The maximum absolute atomic E-state index is 10.1. The second kappa shape index (κ2) is 2.61. The minimum Gasteiger partial charge on any atom is -0.449 e. The lowest BCUT2D eigenvalue weighted by atomic mass is 10.7. The largest absolute Gasteiger partial charge is 0.512 e. The molecule has 1 heterocycles. The Labute approximate surface area is 63.2 Å². The molecule has 1 rings (SSSR count). The molecule has 1 aromatic heterocycles. The van der Waals surface area contributed by atoms with Gasteiger partial charge >= 0.3 is 6.16 Å². The third-order valence-electron chi connectivity index (χ3n) is 1.37. The monoisotopic (exact) mass is 156 g/mol. The number of aromatic nitrogens is 2. The topological polar surface area (TPSA) is 64.3 Å². The molecule has 0 aliphatic rings. The van der Waals surface area contributed by atoms with Crippen LogP contribution in [0.5, 0.6) is 5.88 Å².